The maximum Gasteiger partial charge on any atom is 0.150 e. The number of ketones is 1. The topological polar surface area (TPSA) is 30.0 Å². The molecule has 1 saturated carbocycles. The highest BCUT2D eigenvalue weighted by atomic mass is 32.1. The molecule has 3 heteroatoms. The van der Waals surface area contributed by atoms with Crippen LogP contribution < -0.4 is 0 Å². The number of thiazole rings is 1. The molecule has 0 saturated heterocycles. The molecule has 0 amide bonds. The van der Waals surface area contributed by atoms with Crippen molar-refractivity contribution in [3.63, 3.8) is 0 Å². The quantitative estimate of drug-likeness (QED) is 0.433. The summed E-state index contributed by atoms with van der Waals surface area (Å²) in [7, 11) is 0. The highest BCUT2D eigenvalue weighted by molar-refractivity contribution is 7.11. The lowest BCUT2D eigenvalue weighted by Gasteiger charge is -2.13. The molecule has 0 radical (unpaired) electrons. The van der Waals surface area contributed by atoms with E-state index in [1.54, 1.807) is 11.3 Å². The lowest BCUT2D eigenvalue weighted by molar-refractivity contribution is -0.120. The summed E-state index contributed by atoms with van der Waals surface area (Å²) >= 11 is 1.67. The molecule has 29 heavy (non-hydrogen) atoms. The fourth-order valence-electron chi connectivity index (χ4n) is 3.43. The third kappa shape index (κ3) is 5.42. The number of rotatable bonds is 6. The molecule has 1 aliphatic rings. The summed E-state index contributed by atoms with van der Waals surface area (Å²) in [6, 6.07) is 20.6. The summed E-state index contributed by atoms with van der Waals surface area (Å²) in [6.07, 6.45) is 4.32. The van der Waals surface area contributed by atoms with E-state index in [1.165, 1.54) is 10.4 Å². The third-order valence-electron chi connectivity index (χ3n) is 5.22. The highest BCUT2D eigenvalue weighted by Gasteiger charge is 2.50. The molecule has 4 rings (SSSR count). The Morgan fingerprint density at radius 2 is 1.52 bits per heavy atom. The van der Waals surface area contributed by atoms with Crippen LogP contribution in [0.5, 0.6) is 0 Å². The molecule has 0 aliphatic heterocycles. The van der Waals surface area contributed by atoms with Gasteiger partial charge in [0.1, 0.15) is 10.8 Å². The van der Waals surface area contributed by atoms with Crippen molar-refractivity contribution in [1.29, 1.82) is 0 Å². The van der Waals surface area contributed by atoms with Gasteiger partial charge >= 0.3 is 0 Å². The number of carbonyl (C=O) groups excluding carboxylic acids is 1. The van der Waals surface area contributed by atoms with Gasteiger partial charge in [-0.05, 0) is 24.0 Å². The molecular formula is C26H33NOS. The van der Waals surface area contributed by atoms with Gasteiger partial charge in [-0.1, -0.05) is 95.3 Å². The van der Waals surface area contributed by atoms with E-state index in [-0.39, 0.29) is 5.41 Å². The minimum absolute atomic E-state index is 0.252. The van der Waals surface area contributed by atoms with Crippen LogP contribution in [0.1, 0.15) is 74.4 Å². The second kappa shape index (κ2) is 11.1. The number of hydrogen-bond donors (Lipinski definition) is 0. The average Bonchev–Trinajstić information content (AvgIpc) is 3.50. The summed E-state index contributed by atoms with van der Waals surface area (Å²) in [4.78, 5) is 18.7. The van der Waals surface area contributed by atoms with Gasteiger partial charge in [0, 0.05) is 17.0 Å². The van der Waals surface area contributed by atoms with E-state index >= 15 is 0 Å². The van der Waals surface area contributed by atoms with Gasteiger partial charge in [0.15, 0.2) is 0 Å². The van der Waals surface area contributed by atoms with Crippen molar-refractivity contribution < 1.29 is 4.79 Å². The number of hydrogen-bond acceptors (Lipinski definition) is 3. The Morgan fingerprint density at radius 3 is 2.07 bits per heavy atom. The van der Waals surface area contributed by atoms with E-state index in [9.17, 15) is 4.79 Å². The van der Waals surface area contributed by atoms with Crippen LogP contribution >= 0.6 is 11.3 Å². The van der Waals surface area contributed by atoms with E-state index in [1.807, 2.05) is 58.2 Å². The Morgan fingerprint density at radius 1 is 0.966 bits per heavy atom. The van der Waals surface area contributed by atoms with Gasteiger partial charge in [0.05, 0.1) is 11.8 Å². The van der Waals surface area contributed by atoms with Crippen LogP contribution in [0.2, 0.25) is 0 Å². The fourth-order valence-corrected chi connectivity index (χ4v) is 4.43. The second-order valence-corrected chi connectivity index (χ2v) is 7.98. The van der Waals surface area contributed by atoms with Gasteiger partial charge < -0.3 is 0 Å². The largest absolute Gasteiger partial charge is 0.298 e. The lowest BCUT2D eigenvalue weighted by atomic mass is 9.90. The van der Waals surface area contributed by atoms with Gasteiger partial charge in [-0.25, -0.2) is 4.98 Å². The minimum Gasteiger partial charge on any atom is -0.298 e. The zero-order valence-corrected chi connectivity index (χ0v) is 19.1. The van der Waals surface area contributed by atoms with Gasteiger partial charge in [0.2, 0.25) is 0 Å². The van der Waals surface area contributed by atoms with Crippen LogP contribution in [0.3, 0.4) is 0 Å². The first-order valence-electron chi connectivity index (χ1n) is 10.8. The lowest BCUT2D eigenvalue weighted by Crippen LogP contribution is -2.22. The fraction of sp³-hybridized carbons (Fsp3) is 0.385. The van der Waals surface area contributed by atoms with E-state index in [0.717, 1.165) is 23.4 Å². The van der Waals surface area contributed by atoms with Crippen LogP contribution in [0.25, 0.3) is 0 Å². The van der Waals surface area contributed by atoms with Crippen molar-refractivity contribution in [2.45, 2.75) is 65.2 Å². The molecule has 1 fully saturated rings. The number of carbonyl (C=O) groups is 1. The Balaban J connectivity index is 0.000000707. The maximum absolute atomic E-state index is 12.9. The van der Waals surface area contributed by atoms with Crippen LogP contribution in [0, 0.1) is 0 Å². The Bertz CT molecular complexity index is 866. The summed E-state index contributed by atoms with van der Waals surface area (Å²) in [6.45, 7) is 10.2. The zero-order valence-electron chi connectivity index (χ0n) is 18.3. The van der Waals surface area contributed by atoms with Crippen molar-refractivity contribution in [2.24, 2.45) is 0 Å². The first-order chi connectivity index (χ1) is 14.2. The van der Waals surface area contributed by atoms with Crippen LogP contribution in [0.4, 0.5) is 0 Å². The van der Waals surface area contributed by atoms with E-state index < -0.39 is 0 Å². The van der Waals surface area contributed by atoms with Gasteiger partial charge in [0.25, 0.3) is 0 Å². The molecule has 2 nitrogen and oxygen atoms in total. The molecule has 0 bridgehead atoms. The highest BCUT2D eigenvalue weighted by Crippen LogP contribution is 2.49. The Kier molecular flexibility index (Phi) is 8.78. The number of nitrogens with zero attached hydrogens (tertiary/aromatic N) is 1. The van der Waals surface area contributed by atoms with Crippen molar-refractivity contribution in [3.05, 3.63) is 87.9 Å². The molecule has 154 valence electrons. The number of aromatic nitrogens is 1. The minimum atomic E-state index is -0.252. The SMILES string of the molecule is CC.CC.CC(c1ccccc1)c1cnc(CC(=O)C2(c3ccccc3)CC2)s1. The van der Waals surface area contributed by atoms with E-state index in [0.29, 0.717) is 18.1 Å². The second-order valence-electron chi connectivity index (χ2n) is 6.84. The van der Waals surface area contributed by atoms with Gasteiger partial charge in [-0.2, -0.15) is 0 Å². The molecule has 1 aliphatic carbocycles. The van der Waals surface area contributed by atoms with Gasteiger partial charge in [-0.3, -0.25) is 4.79 Å². The predicted molar refractivity (Wildman–Crippen MR) is 125 cm³/mol. The monoisotopic (exact) mass is 407 g/mol. The van der Waals surface area contributed by atoms with Crippen LogP contribution in [-0.4, -0.2) is 10.8 Å². The Hall–Kier alpha value is -2.26. The Labute approximate surface area is 180 Å². The van der Waals surface area contributed by atoms with Crippen molar-refractivity contribution >= 4 is 17.1 Å². The normalized spacial score (nSPS) is 14.5. The molecule has 1 aromatic heterocycles. The number of benzene rings is 2. The molecule has 2 aromatic carbocycles. The first kappa shape index (κ1) is 23.0. The molecule has 1 unspecified atom stereocenters. The molecular weight excluding hydrogens is 374 g/mol. The predicted octanol–water partition coefficient (Wildman–Crippen LogP) is 7.19. The zero-order chi connectivity index (χ0) is 21.3. The summed E-state index contributed by atoms with van der Waals surface area (Å²) in [5, 5.41) is 0.935. The molecule has 1 atom stereocenters. The smallest absolute Gasteiger partial charge is 0.150 e. The average molecular weight is 408 g/mol. The summed E-state index contributed by atoms with van der Waals surface area (Å²) in [5.74, 6) is 0.624. The van der Waals surface area contributed by atoms with E-state index in [2.05, 4.69) is 48.3 Å². The first-order valence-corrected chi connectivity index (χ1v) is 11.6. The maximum atomic E-state index is 12.9. The van der Waals surface area contributed by atoms with Crippen molar-refractivity contribution in [3.8, 4) is 0 Å². The van der Waals surface area contributed by atoms with Crippen molar-refractivity contribution in [2.75, 3.05) is 0 Å². The van der Waals surface area contributed by atoms with E-state index in [4.69, 9.17) is 0 Å². The molecule has 0 spiro atoms. The third-order valence-corrected chi connectivity index (χ3v) is 6.40. The standard InChI is InChI=1S/C22H21NOS.2C2H6/c1-16(17-8-4-2-5-9-17)19-15-23-21(25-19)14-20(24)22(12-13-22)18-10-6-3-7-11-18;2*1-2/h2-11,15-16H,12-14H2,1H3;2*1-2H3. The molecule has 1 heterocycles. The summed E-state index contributed by atoms with van der Waals surface area (Å²) in [5.41, 5.74) is 2.19. The van der Waals surface area contributed by atoms with Gasteiger partial charge in [-0.15, -0.1) is 11.3 Å². The van der Waals surface area contributed by atoms with Crippen LogP contribution in [0.15, 0.2) is 66.9 Å². The number of Topliss-reactive ketones (excluding diaryl/α,β-unsaturated/α-hetero) is 1. The van der Waals surface area contributed by atoms with Crippen molar-refractivity contribution in [1.82, 2.24) is 4.98 Å². The molecule has 0 N–H and O–H groups in total. The summed E-state index contributed by atoms with van der Waals surface area (Å²) < 4.78 is 0. The van der Waals surface area contributed by atoms with Crippen LogP contribution in [-0.2, 0) is 16.6 Å². The molecule has 3 aromatic rings.